The lowest BCUT2D eigenvalue weighted by molar-refractivity contribution is 0.0500. The number of likely N-dealkylation sites (N-methyl/N-ethyl adjacent to an activating group) is 1. The number of hydrogen-bond acceptors (Lipinski definition) is 5. The van der Waals surface area contributed by atoms with Crippen molar-refractivity contribution in [1.82, 2.24) is 29.5 Å². The first-order valence-electron chi connectivity index (χ1n) is 12.5. The fourth-order valence-corrected chi connectivity index (χ4v) is 5.04. The van der Waals surface area contributed by atoms with Gasteiger partial charge in [0, 0.05) is 37.6 Å². The summed E-state index contributed by atoms with van der Waals surface area (Å²) < 4.78 is 1.87. The minimum absolute atomic E-state index is 0.00925. The second kappa shape index (κ2) is 9.95. The van der Waals surface area contributed by atoms with E-state index in [9.17, 15) is 4.79 Å². The lowest BCUT2D eigenvalue weighted by Gasteiger charge is -2.40. The monoisotopic (exact) mass is 488 g/mol. The predicted octanol–water partition coefficient (Wildman–Crippen LogP) is 4.67. The molecule has 7 heteroatoms. The van der Waals surface area contributed by atoms with Crippen molar-refractivity contribution in [1.29, 1.82) is 0 Å². The quantitative estimate of drug-likeness (QED) is 0.360. The average molecular weight is 489 g/mol. The van der Waals surface area contributed by atoms with Gasteiger partial charge in [0.1, 0.15) is 0 Å². The van der Waals surface area contributed by atoms with Gasteiger partial charge in [-0.25, -0.2) is 9.67 Å². The standard InChI is InChI=1S/C30H28N6O/c1-34-16-17-35(28(21-34)24-10-6-3-7-11-24)30(37)25-18-27(23-8-4-2-5-9-23)33-29-26(25)19-32-36(29)20-22-12-14-31-15-13-22/h2-15,18-19,28H,16-17,20-21H2,1H3. The first-order valence-corrected chi connectivity index (χ1v) is 12.5. The van der Waals surface area contributed by atoms with Crippen molar-refractivity contribution in [2.75, 3.05) is 26.7 Å². The fourth-order valence-electron chi connectivity index (χ4n) is 5.04. The van der Waals surface area contributed by atoms with Crippen LogP contribution in [0.2, 0.25) is 0 Å². The van der Waals surface area contributed by atoms with E-state index in [1.165, 1.54) is 0 Å². The highest BCUT2D eigenvalue weighted by atomic mass is 16.2. The number of amides is 1. The number of carbonyl (C=O) groups excluding carboxylic acids is 1. The zero-order valence-corrected chi connectivity index (χ0v) is 20.7. The Morgan fingerprint density at radius 3 is 2.43 bits per heavy atom. The molecule has 0 aliphatic carbocycles. The average Bonchev–Trinajstić information content (AvgIpc) is 3.36. The molecule has 0 radical (unpaired) electrons. The van der Waals surface area contributed by atoms with Crippen molar-refractivity contribution < 1.29 is 4.79 Å². The zero-order valence-electron chi connectivity index (χ0n) is 20.7. The molecule has 1 saturated heterocycles. The Morgan fingerprint density at radius 1 is 0.946 bits per heavy atom. The van der Waals surface area contributed by atoms with Gasteiger partial charge in [-0.3, -0.25) is 9.78 Å². The van der Waals surface area contributed by atoms with Crippen molar-refractivity contribution >= 4 is 16.9 Å². The molecule has 1 unspecified atom stereocenters. The van der Waals surface area contributed by atoms with Crippen molar-refractivity contribution in [2.45, 2.75) is 12.6 Å². The van der Waals surface area contributed by atoms with E-state index in [4.69, 9.17) is 4.98 Å². The molecule has 37 heavy (non-hydrogen) atoms. The fraction of sp³-hybridized carbons (Fsp3) is 0.200. The van der Waals surface area contributed by atoms with E-state index < -0.39 is 0 Å². The molecule has 0 bridgehead atoms. The number of pyridine rings is 2. The molecular formula is C30H28N6O. The highest BCUT2D eigenvalue weighted by Gasteiger charge is 2.32. The molecule has 5 aromatic rings. The van der Waals surface area contributed by atoms with Gasteiger partial charge < -0.3 is 9.80 Å². The van der Waals surface area contributed by atoms with Crippen LogP contribution in [0.25, 0.3) is 22.3 Å². The third kappa shape index (κ3) is 4.61. The van der Waals surface area contributed by atoms with Crippen molar-refractivity contribution in [3.05, 3.63) is 114 Å². The molecule has 1 fully saturated rings. The van der Waals surface area contributed by atoms with E-state index in [0.29, 0.717) is 24.3 Å². The normalized spacial score (nSPS) is 16.2. The molecule has 1 amide bonds. The Balaban J connectivity index is 1.46. The molecule has 184 valence electrons. The maximum absolute atomic E-state index is 14.3. The van der Waals surface area contributed by atoms with Crippen LogP contribution in [0.15, 0.2) is 97.5 Å². The van der Waals surface area contributed by atoms with Crippen LogP contribution < -0.4 is 0 Å². The van der Waals surface area contributed by atoms with Crippen molar-refractivity contribution in [3.8, 4) is 11.3 Å². The Kier molecular flexibility index (Phi) is 6.20. The summed E-state index contributed by atoms with van der Waals surface area (Å²) in [4.78, 5) is 27.7. The molecule has 7 nitrogen and oxygen atoms in total. The minimum atomic E-state index is -0.0253. The molecule has 6 rings (SSSR count). The number of aromatic nitrogens is 4. The largest absolute Gasteiger partial charge is 0.329 e. The molecule has 1 aliphatic heterocycles. The number of benzene rings is 2. The molecule has 0 spiro atoms. The lowest BCUT2D eigenvalue weighted by atomic mass is 10.00. The van der Waals surface area contributed by atoms with Crippen LogP contribution in [-0.4, -0.2) is 62.1 Å². The molecular weight excluding hydrogens is 460 g/mol. The van der Waals surface area contributed by atoms with E-state index >= 15 is 0 Å². The van der Waals surface area contributed by atoms with E-state index in [-0.39, 0.29) is 11.9 Å². The summed E-state index contributed by atoms with van der Waals surface area (Å²) in [6, 6.07) is 26.1. The van der Waals surface area contributed by atoms with Gasteiger partial charge in [0.25, 0.3) is 5.91 Å². The van der Waals surface area contributed by atoms with Crippen LogP contribution in [0.5, 0.6) is 0 Å². The first kappa shape index (κ1) is 23.1. The summed E-state index contributed by atoms with van der Waals surface area (Å²) in [5.74, 6) is 0.00925. The lowest BCUT2D eigenvalue weighted by Crippen LogP contribution is -2.49. The zero-order chi connectivity index (χ0) is 25.2. The molecule has 0 N–H and O–H groups in total. The first-order chi connectivity index (χ1) is 18.2. The smallest absolute Gasteiger partial charge is 0.255 e. The number of hydrogen-bond donors (Lipinski definition) is 0. The molecule has 2 aromatic carbocycles. The topological polar surface area (TPSA) is 67.2 Å². The number of carbonyl (C=O) groups is 1. The SMILES string of the molecule is CN1CCN(C(=O)c2cc(-c3ccccc3)nc3c2cnn3Cc2ccncc2)C(c2ccccc2)C1. The summed E-state index contributed by atoms with van der Waals surface area (Å²) in [5, 5.41) is 5.43. The predicted molar refractivity (Wildman–Crippen MR) is 144 cm³/mol. The van der Waals surface area contributed by atoms with Gasteiger partial charge in [0.15, 0.2) is 5.65 Å². The Morgan fingerprint density at radius 2 is 1.68 bits per heavy atom. The molecule has 0 saturated carbocycles. The molecule has 1 aliphatic rings. The van der Waals surface area contributed by atoms with Gasteiger partial charge in [0.05, 0.1) is 35.4 Å². The van der Waals surface area contributed by atoms with Gasteiger partial charge in [-0.1, -0.05) is 60.7 Å². The van der Waals surface area contributed by atoms with Crippen LogP contribution >= 0.6 is 0 Å². The van der Waals surface area contributed by atoms with Gasteiger partial charge >= 0.3 is 0 Å². The Hall–Kier alpha value is -4.36. The number of rotatable bonds is 5. The highest BCUT2D eigenvalue weighted by molar-refractivity contribution is 6.06. The second-order valence-electron chi connectivity index (χ2n) is 9.50. The Bertz CT molecular complexity index is 1520. The van der Waals surface area contributed by atoms with E-state index in [1.54, 1.807) is 18.6 Å². The third-order valence-electron chi connectivity index (χ3n) is 7.02. The van der Waals surface area contributed by atoms with Gasteiger partial charge in [-0.2, -0.15) is 5.10 Å². The van der Waals surface area contributed by atoms with Crippen LogP contribution in [0.3, 0.4) is 0 Å². The maximum atomic E-state index is 14.3. The van der Waals surface area contributed by atoms with E-state index in [0.717, 1.165) is 40.9 Å². The second-order valence-corrected chi connectivity index (χ2v) is 9.50. The van der Waals surface area contributed by atoms with Crippen molar-refractivity contribution in [3.63, 3.8) is 0 Å². The van der Waals surface area contributed by atoms with Gasteiger partial charge in [-0.05, 0) is 36.4 Å². The minimum Gasteiger partial charge on any atom is -0.329 e. The van der Waals surface area contributed by atoms with Gasteiger partial charge in [-0.15, -0.1) is 0 Å². The summed E-state index contributed by atoms with van der Waals surface area (Å²) >= 11 is 0. The number of nitrogens with zero attached hydrogens (tertiary/aromatic N) is 6. The van der Waals surface area contributed by atoms with Crippen molar-refractivity contribution in [2.24, 2.45) is 0 Å². The molecule has 3 aromatic heterocycles. The highest BCUT2D eigenvalue weighted by Crippen LogP contribution is 2.31. The number of piperazine rings is 1. The van der Waals surface area contributed by atoms with Crippen LogP contribution in [0.4, 0.5) is 0 Å². The summed E-state index contributed by atoms with van der Waals surface area (Å²) in [6.07, 6.45) is 5.32. The van der Waals surface area contributed by atoms with Crippen LogP contribution in [0, 0.1) is 0 Å². The van der Waals surface area contributed by atoms with E-state index in [1.807, 2.05) is 76.3 Å². The van der Waals surface area contributed by atoms with Gasteiger partial charge in [0.2, 0.25) is 0 Å². The summed E-state index contributed by atoms with van der Waals surface area (Å²) in [6.45, 7) is 2.82. The Labute approximate surface area is 216 Å². The molecule has 4 heterocycles. The molecule has 1 atom stereocenters. The van der Waals surface area contributed by atoms with Crippen LogP contribution in [0.1, 0.15) is 27.5 Å². The number of fused-ring (bicyclic) bond motifs is 1. The van der Waals surface area contributed by atoms with Crippen LogP contribution in [-0.2, 0) is 6.54 Å². The summed E-state index contributed by atoms with van der Waals surface area (Å²) in [5.41, 5.74) is 5.28. The summed E-state index contributed by atoms with van der Waals surface area (Å²) in [7, 11) is 2.11. The third-order valence-corrected chi connectivity index (χ3v) is 7.02. The maximum Gasteiger partial charge on any atom is 0.255 e. The van der Waals surface area contributed by atoms with E-state index in [2.05, 4.69) is 34.2 Å².